The molecule has 0 aliphatic rings. The van der Waals surface area contributed by atoms with Gasteiger partial charge in [0.2, 0.25) is 0 Å². The summed E-state index contributed by atoms with van der Waals surface area (Å²) in [7, 11) is 0. The summed E-state index contributed by atoms with van der Waals surface area (Å²) in [4.78, 5) is 3.78. The average molecular weight is 163 g/mol. The molecule has 0 aromatic carbocycles. The molecule has 0 saturated carbocycles. The van der Waals surface area contributed by atoms with Crippen LogP contribution in [0.15, 0.2) is 30.6 Å². The number of rotatable bonds is 0. The third kappa shape index (κ3) is 5.80. The first kappa shape index (κ1) is 12.4. The van der Waals surface area contributed by atoms with Crippen LogP contribution in [0.5, 0.6) is 0 Å². The van der Waals surface area contributed by atoms with Crippen LogP contribution in [0.25, 0.3) is 0 Å². The number of nitrogens with zero attached hydrogens (tertiary/aromatic N) is 1. The molecular weight excluding hydrogens is 154 g/mol. The van der Waals surface area contributed by atoms with Gasteiger partial charge in [0.25, 0.3) is 0 Å². The van der Waals surface area contributed by atoms with Gasteiger partial charge in [-0.05, 0) is 12.1 Å². The summed E-state index contributed by atoms with van der Waals surface area (Å²) in [5, 5.41) is 0. The van der Waals surface area contributed by atoms with Gasteiger partial charge in [-0.15, -0.1) is 0 Å². The molecule has 0 atom stereocenters. The summed E-state index contributed by atoms with van der Waals surface area (Å²) in [5.41, 5.74) is 0. The van der Waals surface area contributed by atoms with Crippen LogP contribution in [-0.4, -0.2) is 80.5 Å². The van der Waals surface area contributed by atoms with E-state index in [-0.39, 0.29) is 75.5 Å². The Morgan fingerprint density at radius 1 is 0.750 bits per heavy atom. The maximum atomic E-state index is 3.78. The van der Waals surface area contributed by atoms with Gasteiger partial charge in [0.15, 0.2) is 0 Å². The van der Waals surface area contributed by atoms with Crippen molar-refractivity contribution in [2.24, 2.45) is 0 Å². The molecular formula is C5H9Ca2N. The van der Waals surface area contributed by atoms with Crippen molar-refractivity contribution in [3.05, 3.63) is 30.6 Å². The van der Waals surface area contributed by atoms with E-state index in [4.69, 9.17) is 0 Å². The first-order chi connectivity index (χ1) is 3.00. The number of hydrogen-bond acceptors (Lipinski definition) is 1. The van der Waals surface area contributed by atoms with Gasteiger partial charge in [0.1, 0.15) is 0 Å². The first-order valence-corrected chi connectivity index (χ1v) is 1.85. The van der Waals surface area contributed by atoms with Crippen molar-refractivity contribution in [3.8, 4) is 0 Å². The predicted molar refractivity (Wildman–Crippen MR) is 41.3 cm³/mol. The summed E-state index contributed by atoms with van der Waals surface area (Å²) in [6.45, 7) is 0. The molecule has 8 heavy (non-hydrogen) atoms. The van der Waals surface area contributed by atoms with Gasteiger partial charge in [0.05, 0.1) is 0 Å². The summed E-state index contributed by atoms with van der Waals surface area (Å²) >= 11 is 0. The zero-order valence-electron chi connectivity index (χ0n) is 3.33. The third-order valence-electron chi connectivity index (χ3n) is 0.566. The summed E-state index contributed by atoms with van der Waals surface area (Å²) < 4.78 is 0. The van der Waals surface area contributed by atoms with Crippen molar-refractivity contribution >= 4 is 75.5 Å². The second kappa shape index (κ2) is 8.67. The molecule has 0 bridgehead atoms. The van der Waals surface area contributed by atoms with Crippen molar-refractivity contribution in [2.45, 2.75) is 0 Å². The molecule has 0 radical (unpaired) electrons. The van der Waals surface area contributed by atoms with E-state index in [2.05, 4.69) is 4.98 Å². The Morgan fingerprint density at radius 3 is 1.38 bits per heavy atom. The van der Waals surface area contributed by atoms with Crippen molar-refractivity contribution in [1.82, 2.24) is 4.98 Å². The molecule has 0 N–H and O–H groups in total. The van der Waals surface area contributed by atoms with E-state index < -0.39 is 0 Å². The molecule has 1 rings (SSSR count). The maximum absolute atomic E-state index is 3.78. The minimum atomic E-state index is 0. The van der Waals surface area contributed by atoms with Gasteiger partial charge in [-0.3, -0.25) is 4.98 Å². The van der Waals surface area contributed by atoms with Gasteiger partial charge in [-0.2, -0.15) is 0 Å². The van der Waals surface area contributed by atoms with E-state index in [9.17, 15) is 0 Å². The van der Waals surface area contributed by atoms with Crippen LogP contribution in [0.2, 0.25) is 0 Å². The van der Waals surface area contributed by atoms with E-state index in [1.807, 2.05) is 18.2 Å². The fourth-order valence-electron chi connectivity index (χ4n) is 0.313. The monoisotopic (exact) mass is 163 g/mol. The van der Waals surface area contributed by atoms with Crippen LogP contribution < -0.4 is 0 Å². The molecule has 38 valence electrons. The molecule has 1 heterocycles. The minimum absolute atomic E-state index is 0. The van der Waals surface area contributed by atoms with E-state index in [1.165, 1.54) is 0 Å². The summed E-state index contributed by atoms with van der Waals surface area (Å²) in [6.07, 6.45) is 3.50. The van der Waals surface area contributed by atoms with Gasteiger partial charge in [0, 0.05) is 12.4 Å². The molecule has 0 saturated heterocycles. The standard InChI is InChI=1S/C5H5N.2Ca.4H/c1-2-4-6-5-3-1;;;;;;/h1-5H;;;;;;. The SMILES string of the molecule is [CaH2].[CaH2].c1ccncc1. The fourth-order valence-corrected chi connectivity index (χ4v) is 0.313. The van der Waals surface area contributed by atoms with Crippen molar-refractivity contribution in [1.29, 1.82) is 0 Å². The Bertz CT molecular complexity index is 82.4. The molecule has 0 unspecified atom stereocenters. The van der Waals surface area contributed by atoms with E-state index >= 15 is 0 Å². The number of pyridine rings is 1. The summed E-state index contributed by atoms with van der Waals surface area (Å²) in [5.74, 6) is 0. The van der Waals surface area contributed by atoms with Crippen LogP contribution in [0.1, 0.15) is 0 Å². The Labute approximate surface area is 109 Å². The molecule has 0 aliphatic carbocycles. The van der Waals surface area contributed by atoms with E-state index in [0.29, 0.717) is 0 Å². The second-order valence-electron chi connectivity index (χ2n) is 1.02. The van der Waals surface area contributed by atoms with E-state index in [1.54, 1.807) is 12.4 Å². The molecule has 0 amide bonds. The fraction of sp³-hybridized carbons (Fsp3) is 0. The zero-order chi connectivity index (χ0) is 4.24. The zero-order valence-corrected chi connectivity index (χ0v) is 3.33. The van der Waals surface area contributed by atoms with Crippen molar-refractivity contribution < 1.29 is 0 Å². The third-order valence-corrected chi connectivity index (χ3v) is 0.566. The molecule has 1 nitrogen and oxygen atoms in total. The Hall–Kier alpha value is 1.67. The van der Waals surface area contributed by atoms with Crippen LogP contribution in [0, 0.1) is 0 Å². The molecule has 0 spiro atoms. The topological polar surface area (TPSA) is 12.9 Å². The summed E-state index contributed by atoms with van der Waals surface area (Å²) in [6, 6.07) is 5.72. The van der Waals surface area contributed by atoms with Crippen LogP contribution in [-0.2, 0) is 0 Å². The van der Waals surface area contributed by atoms with Crippen LogP contribution in [0.4, 0.5) is 0 Å². The van der Waals surface area contributed by atoms with Crippen molar-refractivity contribution in [2.75, 3.05) is 0 Å². The van der Waals surface area contributed by atoms with Gasteiger partial charge in [-0.25, -0.2) is 0 Å². The molecule has 0 aliphatic heterocycles. The Kier molecular flexibility index (Phi) is 13.4. The van der Waals surface area contributed by atoms with Crippen LogP contribution >= 0.6 is 0 Å². The van der Waals surface area contributed by atoms with E-state index in [0.717, 1.165) is 0 Å². The largest absolute Gasteiger partial charge is 0.265 e. The Morgan fingerprint density at radius 2 is 1.25 bits per heavy atom. The Balaban J connectivity index is 0. The molecule has 3 heteroatoms. The van der Waals surface area contributed by atoms with Gasteiger partial charge in [-0.1, -0.05) is 6.07 Å². The van der Waals surface area contributed by atoms with Gasteiger partial charge < -0.3 is 0 Å². The van der Waals surface area contributed by atoms with Gasteiger partial charge >= 0.3 is 75.5 Å². The molecule has 1 aromatic heterocycles. The average Bonchev–Trinajstić information content (AvgIpc) is 1.72. The molecule has 1 aromatic rings. The van der Waals surface area contributed by atoms with Crippen molar-refractivity contribution in [3.63, 3.8) is 0 Å². The smallest absolute Gasteiger partial charge is 0.0267 e. The quantitative estimate of drug-likeness (QED) is 0.459. The number of hydrogen-bond donors (Lipinski definition) is 0. The first-order valence-electron chi connectivity index (χ1n) is 1.85. The minimum Gasteiger partial charge on any atom is -0.265 e. The molecule has 0 fully saturated rings. The normalized spacial score (nSPS) is 6.00. The predicted octanol–water partition coefficient (Wildman–Crippen LogP) is -0.751. The second-order valence-corrected chi connectivity index (χ2v) is 1.02. The maximum Gasteiger partial charge on any atom is 0.0267 e. The number of aromatic nitrogens is 1. The van der Waals surface area contributed by atoms with Crippen LogP contribution in [0.3, 0.4) is 0 Å².